The number of hydrogen-bond acceptors (Lipinski definition) is 5. The van der Waals surface area contributed by atoms with Crippen LogP contribution in [0.3, 0.4) is 0 Å². The van der Waals surface area contributed by atoms with Crippen molar-refractivity contribution < 1.29 is 19.6 Å². The van der Waals surface area contributed by atoms with Gasteiger partial charge in [0.15, 0.2) is 0 Å². The third-order valence-corrected chi connectivity index (χ3v) is 3.02. The minimum Gasteiger partial charge on any atom is -0.496 e. The van der Waals surface area contributed by atoms with Crippen molar-refractivity contribution in [1.29, 1.82) is 0 Å². The van der Waals surface area contributed by atoms with E-state index in [9.17, 15) is 14.9 Å². The lowest BCUT2D eigenvalue weighted by atomic mass is 10.1. The number of hydrogen-bond donors (Lipinski definition) is 2. The van der Waals surface area contributed by atoms with Gasteiger partial charge in [0.2, 0.25) is 0 Å². The Balaban J connectivity index is 2.25. The zero-order valence-corrected chi connectivity index (χ0v) is 10.3. The van der Waals surface area contributed by atoms with Crippen LogP contribution in [0.2, 0.25) is 0 Å². The summed E-state index contributed by atoms with van der Waals surface area (Å²) in [5.41, 5.74) is 0.243. The Morgan fingerprint density at radius 3 is 2.68 bits per heavy atom. The fourth-order valence-corrected chi connectivity index (χ4v) is 1.88. The van der Waals surface area contributed by atoms with Crippen LogP contribution in [-0.4, -0.2) is 29.2 Å². The van der Waals surface area contributed by atoms with E-state index in [1.54, 1.807) is 6.07 Å². The highest BCUT2D eigenvalue weighted by atomic mass is 16.6. The van der Waals surface area contributed by atoms with Crippen LogP contribution in [0.5, 0.6) is 5.75 Å². The van der Waals surface area contributed by atoms with Crippen LogP contribution < -0.4 is 10.1 Å². The molecule has 0 aliphatic heterocycles. The van der Waals surface area contributed by atoms with E-state index in [1.165, 1.54) is 19.2 Å². The van der Waals surface area contributed by atoms with Crippen molar-refractivity contribution in [1.82, 2.24) is 0 Å². The maximum Gasteiger partial charge on any atom is 0.326 e. The van der Waals surface area contributed by atoms with Crippen LogP contribution in [0.25, 0.3) is 0 Å². The Morgan fingerprint density at radius 1 is 1.53 bits per heavy atom. The van der Waals surface area contributed by atoms with E-state index in [2.05, 4.69) is 5.32 Å². The van der Waals surface area contributed by atoms with E-state index in [4.69, 9.17) is 9.84 Å². The molecule has 0 radical (unpaired) electrons. The Labute approximate surface area is 109 Å². The summed E-state index contributed by atoms with van der Waals surface area (Å²) in [5, 5.41) is 22.7. The summed E-state index contributed by atoms with van der Waals surface area (Å²) in [6.07, 6.45) is 1.71. The molecule has 1 atom stereocenters. The summed E-state index contributed by atoms with van der Waals surface area (Å²) in [6, 6.07) is 3.43. The van der Waals surface area contributed by atoms with Crippen molar-refractivity contribution in [3.63, 3.8) is 0 Å². The van der Waals surface area contributed by atoms with Gasteiger partial charge in [-0.3, -0.25) is 10.1 Å². The summed E-state index contributed by atoms with van der Waals surface area (Å²) in [6.45, 7) is 0. The van der Waals surface area contributed by atoms with Crippen molar-refractivity contribution in [3.8, 4) is 5.75 Å². The second-order valence-corrected chi connectivity index (χ2v) is 4.47. The molecule has 1 aromatic rings. The maximum absolute atomic E-state index is 11.1. The Morgan fingerprint density at radius 2 is 2.21 bits per heavy atom. The first-order valence-electron chi connectivity index (χ1n) is 5.84. The number of carbonyl (C=O) groups is 1. The van der Waals surface area contributed by atoms with Gasteiger partial charge in [-0.1, -0.05) is 0 Å². The number of nitrogens with zero attached hydrogens (tertiary/aromatic N) is 1. The van der Waals surface area contributed by atoms with Crippen molar-refractivity contribution in [3.05, 3.63) is 28.3 Å². The minimum absolute atomic E-state index is 0.0859. The number of methoxy groups -OCH3 is 1. The normalized spacial score (nSPS) is 15.6. The first kappa shape index (κ1) is 13.1. The van der Waals surface area contributed by atoms with Gasteiger partial charge in [0.25, 0.3) is 5.69 Å². The van der Waals surface area contributed by atoms with Crippen LogP contribution in [0, 0.1) is 16.0 Å². The molecular formula is C12H14N2O5. The molecule has 1 aromatic carbocycles. The topological polar surface area (TPSA) is 102 Å². The second kappa shape index (κ2) is 5.13. The molecule has 19 heavy (non-hydrogen) atoms. The van der Waals surface area contributed by atoms with Gasteiger partial charge in [-0.05, 0) is 18.8 Å². The van der Waals surface area contributed by atoms with E-state index in [1.807, 2.05) is 0 Å². The quantitative estimate of drug-likeness (QED) is 0.602. The predicted molar refractivity (Wildman–Crippen MR) is 67.4 cm³/mol. The van der Waals surface area contributed by atoms with Gasteiger partial charge in [0.05, 0.1) is 18.1 Å². The molecule has 1 aliphatic rings. The molecule has 1 fully saturated rings. The zero-order valence-electron chi connectivity index (χ0n) is 10.3. The highest BCUT2D eigenvalue weighted by Crippen LogP contribution is 2.35. The average molecular weight is 266 g/mol. The van der Waals surface area contributed by atoms with Gasteiger partial charge in [0.1, 0.15) is 11.8 Å². The molecule has 0 saturated heterocycles. The Bertz CT molecular complexity index is 513. The highest BCUT2D eigenvalue weighted by Gasteiger charge is 2.36. The lowest BCUT2D eigenvalue weighted by Gasteiger charge is -2.15. The fraction of sp³-hybridized carbons (Fsp3) is 0.417. The predicted octanol–water partition coefficient (Wildman–Crippen LogP) is 1.88. The molecule has 1 aliphatic carbocycles. The lowest BCUT2D eigenvalue weighted by molar-refractivity contribution is -0.384. The summed E-state index contributed by atoms with van der Waals surface area (Å²) >= 11 is 0. The molecule has 102 valence electrons. The number of ether oxygens (including phenoxy) is 1. The smallest absolute Gasteiger partial charge is 0.326 e. The third kappa shape index (κ3) is 3.12. The molecule has 2 N–H and O–H groups in total. The summed E-state index contributed by atoms with van der Waals surface area (Å²) in [5.74, 6) is -0.549. The molecule has 7 nitrogen and oxygen atoms in total. The first-order chi connectivity index (χ1) is 9.01. The van der Waals surface area contributed by atoms with Crippen LogP contribution in [0.15, 0.2) is 18.2 Å². The molecule has 0 bridgehead atoms. The molecule has 1 unspecified atom stereocenters. The number of nitro benzene ring substituents is 1. The number of benzene rings is 1. The molecule has 7 heteroatoms. The van der Waals surface area contributed by atoms with Gasteiger partial charge in [0, 0.05) is 17.8 Å². The van der Waals surface area contributed by atoms with E-state index >= 15 is 0 Å². The summed E-state index contributed by atoms with van der Waals surface area (Å²) in [7, 11) is 1.40. The average Bonchev–Trinajstić information content (AvgIpc) is 3.19. The van der Waals surface area contributed by atoms with Crippen LogP contribution in [-0.2, 0) is 4.79 Å². The second-order valence-electron chi connectivity index (χ2n) is 4.47. The molecule has 0 heterocycles. The fourth-order valence-electron chi connectivity index (χ4n) is 1.88. The first-order valence-corrected chi connectivity index (χ1v) is 5.84. The number of carboxylic acid groups (broad SMARTS) is 1. The number of rotatable bonds is 6. The number of aliphatic carboxylic acids is 1. The number of nitro groups is 1. The van der Waals surface area contributed by atoms with Gasteiger partial charge in [-0.15, -0.1) is 0 Å². The van der Waals surface area contributed by atoms with E-state index in [0.29, 0.717) is 11.4 Å². The highest BCUT2D eigenvalue weighted by molar-refractivity contribution is 5.78. The Kier molecular flexibility index (Phi) is 3.55. The Hall–Kier alpha value is -2.31. The van der Waals surface area contributed by atoms with E-state index < -0.39 is 16.9 Å². The standard InChI is InChI=1S/C12H14N2O5/c1-19-10-5-8(4-9(6-10)14(17)18)13-11(12(15)16)7-2-3-7/h4-7,11,13H,2-3H2,1H3,(H,15,16). The SMILES string of the molecule is COc1cc(NC(C(=O)O)C2CC2)cc([N+](=O)[O-])c1. The lowest BCUT2D eigenvalue weighted by Crippen LogP contribution is -2.31. The van der Waals surface area contributed by atoms with Crippen molar-refractivity contribution in [2.24, 2.45) is 5.92 Å². The van der Waals surface area contributed by atoms with Crippen LogP contribution in [0.1, 0.15) is 12.8 Å². The molecule has 1 saturated carbocycles. The van der Waals surface area contributed by atoms with Gasteiger partial charge < -0.3 is 15.2 Å². The van der Waals surface area contributed by atoms with Crippen molar-refractivity contribution >= 4 is 17.3 Å². The maximum atomic E-state index is 11.1. The summed E-state index contributed by atoms with van der Waals surface area (Å²) < 4.78 is 4.97. The molecular weight excluding hydrogens is 252 g/mol. The van der Waals surface area contributed by atoms with Gasteiger partial charge in [-0.2, -0.15) is 0 Å². The van der Waals surface area contributed by atoms with E-state index in [0.717, 1.165) is 12.8 Å². The van der Waals surface area contributed by atoms with Crippen molar-refractivity contribution in [2.45, 2.75) is 18.9 Å². The molecule has 2 rings (SSSR count). The van der Waals surface area contributed by atoms with E-state index in [-0.39, 0.29) is 11.6 Å². The van der Waals surface area contributed by atoms with Crippen LogP contribution >= 0.6 is 0 Å². The number of nitrogens with one attached hydrogen (secondary N) is 1. The van der Waals surface area contributed by atoms with Crippen LogP contribution in [0.4, 0.5) is 11.4 Å². The largest absolute Gasteiger partial charge is 0.496 e. The molecule has 0 aromatic heterocycles. The summed E-state index contributed by atoms with van der Waals surface area (Å²) in [4.78, 5) is 21.4. The zero-order chi connectivity index (χ0) is 14.0. The third-order valence-electron chi connectivity index (χ3n) is 3.02. The monoisotopic (exact) mass is 266 g/mol. The number of non-ortho nitro benzene ring substituents is 1. The molecule has 0 spiro atoms. The molecule has 0 amide bonds. The van der Waals surface area contributed by atoms with Crippen molar-refractivity contribution in [2.75, 3.05) is 12.4 Å². The van der Waals surface area contributed by atoms with Gasteiger partial charge in [-0.25, -0.2) is 4.79 Å². The van der Waals surface area contributed by atoms with Gasteiger partial charge >= 0.3 is 5.97 Å². The number of carboxylic acids is 1. The minimum atomic E-state index is -0.951. The number of anilines is 1.